The van der Waals surface area contributed by atoms with Crippen molar-refractivity contribution in [2.45, 2.75) is 51.5 Å². The highest BCUT2D eigenvalue weighted by Gasteiger charge is 2.54. The third kappa shape index (κ3) is 3.88. The van der Waals surface area contributed by atoms with Crippen LogP contribution in [0.3, 0.4) is 0 Å². The van der Waals surface area contributed by atoms with E-state index in [9.17, 15) is 19.7 Å². The molecule has 0 saturated heterocycles. The van der Waals surface area contributed by atoms with Gasteiger partial charge in [-0.25, -0.2) is 5.43 Å². The molecule has 0 unspecified atom stereocenters. The molecule has 2 N–H and O–H groups in total. The fourth-order valence-corrected chi connectivity index (χ4v) is 5.83. The third-order valence-electron chi connectivity index (χ3n) is 6.77. The van der Waals surface area contributed by atoms with Crippen LogP contribution in [0.1, 0.15) is 51.0 Å². The number of nitrogens with zero attached hydrogens (tertiary/aromatic N) is 2. The van der Waals surface area contributed by atoms with Gasteiger partial charge >= 0.3 is 0 Å². The second-order valence-corrected chi connectivity index (χ2v) is 8.94. The van der Waals surface area contributed by atoms with Crippen LogP contribution in [-0.4, -0.2) is 29.0 Å². The van der Waals surface area contributed by atoms with E-state index in [2.05, 4.69) is 15.8 Å². The number of hydrogen-bond donors (Lipinski definition) is 2. The first-order valence-corrected chi connectivity index (χ1v) is 10.2. The van der Waals surface area contributed by atoms with Crippen molar-refractivity contribution in [2.24, 2.45) is 28.3 Å². The summed E-state index contributed by atoms with van der Waals surface area (Å²) in [5.74, 6) is 1.51. The molecule has 154 valence electrons. The predicted octanol–water partition coefficient (Wildman–Crippen LogP) is 2.77. The van der Waals surface area contributed by atoms with Crippen LogP contribution in [0.5, 0.6) is 0 Å². The molecule has 0 aromatic heterocycles. The third-order valence-corrected chi connectivity index (χ3v) is 6.77. The fourth-order valence-electron chi connectivity index (χ4n) is 5.83. The number of nitrogens with one attached hydrogen (secondary N) is 2. The van der Waals surface area contributed by atoms with Crippen LogP contribution in [0, 0.1) is 33.3 Å². The second kappa shape index (κ2) is 7.57. The number of carbonyl (C=O) groups excluding carboxylic acids is 2. The highest BCUT2D eigenvalue weighted by molar-refractivity contribution is 5.91. The maximum atomic E-state index is 13.0. The highest BCUT2D eigenvalue weighted by Crippen LogP contribution is 2.60. The largest absolute Gasteiger partial charge is 0.344 e. The highest BCUT2D eigenvalue weighted by atomic mass is 16.6. The van der Waals surface area contributed by atoms with Gasteiger partial charge in [-0.2, -0.15) is 5.10 Å². The maximum Gasteiger partial charge on any atom is 0.278 e. The van der Waals surface area contributed by atoms with Gasteiger partial charge in [0.05, 0.1) is 16.7 Å². The number of amides is 2. The minimum atomic E-state index is -0.724. The molecule has 4 aliphatic carbocycles. The topological polar surface area (TPSA) is 114 Å². The van der Waals surface area contributed by atoms with E-state index in [0.29, 0.717) is 23.3 Å². The molecule has 4 aliphatic rings. The Labute approximate surface area is 169 Å². The van der Waals surface area contributed by atoms with E-state index in [-0.39, 0.29) is 17.0 Å². The Morgan fingerprint density at radius 1 is 1.17 bits per heavy atom. The average Bonchev–Trinajstić information content (AvgIpc) is 2.67. The molecule has 0 spiro atoms. The summed E-state index contributed by atoms with van der Waals surface area (Å²) in [6, 6.07) is 5.42. The van der Waals surface area contributed by atoms with E-state index < -0.39 is 16.9 Å². The van der Waals surface area contributed by atoms with Crippen LogP contribution < -0.4 is 10.7 Å². The Kier molecular flexibility index (Phi) is 5.10. The van der Waals surface area contributed by atoms with Crippen molar-refractivity contribution in [2.75, 3.05) is 0 Å². The van der Waals surface area contributed by atoms with E-state index in [1.165, 1.54) is 31.5 Å². The van der Waals surface area contributed by atoms with Crippen molar-refractivity contribution in [1.29, 1.82) is 0 Å². The SMILES string of the molecule is C[C@H](NC(=O)C12CC3CC(CC(C3)C1)C2)C(=O)N/N=C\c1ccccc1[N+](=O)[O-]. The van der Waals surface area contributed by atoms with E-state index in [0.717, 1.165) is 19.3 Å². The lowest BCUT2D eigenvalue weighted by Crippen LogP contribution is -2.56. The number of hydrazone groups is 1. The number of benzene rings is 1. The molecular weight excluding hydrogens is 372 g/mol. The summed E-state index contributed by atoms with van der Waals surface area (Å²) in [6.07, 6.45) is 7.82. The first kappa shape index (κ1) is 19.5. The minimum Gasteiger partial charge on any atom is -0.344 e. The van der Waals surface area contributed by atoms with Gasteiger partial charge in [-0.1, -0.05) is 12.1 Å². The standard InChI is InChI=1S/C21H26N4O4/c1-13(19(26)24-22-12-17-4-2-3-5-18(17)25(28)29)23-20(27)21-9-14-6-15(10-21)8-16(7-14)11-21/h2-5,12-16H,6-11H2,1H3,(H,23,27)(H,24,26)/b22-12-/t13-,14?,15?,16?,21?/m0/s1. The molecule has 1 atom stereocenters. The van der Waals surface area contributed by atoms with Crippen molar-refractivity contribution >= 4 is 23.7 Å². The van der Waals surface area contributed by atoms with Gasteiger partial charge in [0.25, 0.3) is 11.6 Å². The molecule has 1 aromatic rings. The van der Waals surface area contributed by atoms with Gasteiger partial charge in [-0.15, -0.1) is 0 Å². The van der Waals surface area contributed by atoms with Gasteiger partial charge in [0.15, 0.2) is 0 Å². The first-order valence-electron chi connectivity index (χ1n) is 10.2. The lowest BCUT2D eigenvalue weighted by molar-refractivity contribution is -0.385. The molecule has 1 aromatic carbocycles. The Balaban J connectivity index is 1.34. The summed E-state index contributed by atoms with van der Waals surface area (Å²) in [5.41, 5.74) is 2.27. The molecule has 0 radical (unpaired) electrons. The molecule has 29 heavy (non-hydrogen) atoms. The van der Waals surface area contributed by atoms with Gasteiger partial charge in [0.1, 0.15) is 6.04 Å². The molecular formula is C21H26N4O4. The number of rotatable bonds is 6. The number of nitro benzene ring substituents is 1. The summed E-state index contributed by atoms with van der Waals surface area (Å²) in [7, 11) is 0. The van der Waals surface area contributed by atoms with Crippen molar-refractivity contribution in [1.82, 2.24) is 10.7 Å². The Bertz CT molecular complexity index is 831. The zero-order chi connectivity index (χ0) is 20.6. The average molecular weight is 398 g/mol. The van der Waals surface area contributed by atoms with E-state index in [1.807, 2.05) is 0 Å². The van der Waals surface area contributed by atoms with Gasteiger partial charge < -0.3 is 5.32 Å². The van der Waals surface area contributed by atoms with Crippen molar-refractivity contribution in [3.63, 3.8) is 0 Å². The van der Waals surface area contributed by atoms with Crippen molar-refractivity contribution < 1.29 is 14.5 Å². The molecule has 0 aliphatic heterocycles. The number of nitro groups is 1. The second-order valence-electron chi connectivity index (χ2n) is 8.94. The smallest absolute Gasteiger partial charge is 0.278 e. The Morgan fingerprint density at radius 3 is 2.34 bits per heavy atom. The molecule has 4 bridgehead atoms. The molecule has 4 fully saturated rings. The van der Waals surface area contributed by atoms with Crippen LogP contribution >= 0.6 is 0 Å². The van der Waals surface area contributed by atoms with Crippen LogP contribution in [0.4, 0.5) is 5.69 Å². The predicted molar refractivity (Wildman–Crippen MR) is 107 cm³/mol. The Morgan fingerprint density at radius 2 is 1.76 bits per heavy atom. The summed E-state index contributed by atoms with van der Waals surface area (Å²) in [5, 5.41) is 17.7. The fraction of sp³-hybridized carbons (Fsp3) is 0.571. The van der Waals surface area contributed by atoms with Gasteiger partial charge in [-0.05, 0) is 69.3 Å². The van der Waals surface area contributed by atoms with Gasteiger partial charge in [0, 0.05) is 11.5 Å². The van der Waals surface area contributed by atoms with E-state index in [1.54, 1.807) is 25.1 Å². The normalized spacial score (nSPS) is 30.9. The van der Waals surface area contributed by atoms with Crippen LogP contribution in [0.15, 0.2) is 29.4 Å². The monoisotopic (exact) mass is 398 g/mol. The molecule has 5 rings (SSSR count). The number of hydrogen-bond acceptors (Lipinski definition) is 5. The molecule has 8 nitrogen and oxygen atoms in total. The number of carbonyl (C=O) groups is 2. The quantitative estimate of drug-likeness (QED) is 0.436. The molecule has 8 heteroatoms. The first-order chi connectivity index (χ1) is 13.9. The summed E-state index contributed by atoms with van der Waals surface area (Å²) in [6.45, 7) is 1.63. The lowest BCUT2D eigenvalue weighted by atomic mass is 9.49. The van der Waals surface area contributed by atoms with Crippen LogP contribution in [0.2, 0.25) is 0 Å². The number of para-hydroxylation sites is 1. The summed E-state index contributed by atoms with van der Waals surface area (Å²) < 4.78 is 0. The van der Waals surface area contributed by atoms with Gasteiger partial charge in [-0.3, -0.25) is 19.7 Å². The lowest BCUT2D eigenvalue weighted by Gasteiger charge is -2.55. The molecule has 4 saturated carbocycles. The molecule has 2 amide bonds. The maximum absolute atomic E-state index is 13.0. The summed E-state index contributed by atoms with van der Waals surface area (Å²) in [4.78, 5) is 35.9. The zero-order valence-electron chi connectivity index (χ0n) is 16.5. The van der Waals surface area contributed by atoms with E-state index in [4.69, 9.17) is 0 Å². The molecule has 0 heterocycles. The van der Waals surface area contributed by atoms with Gasteiger partial charge in [0.2, 0.25) is 5.91 Å². The van der Waals surface area contributed by atoms with Crippen LogP contribution in [0.25, 0.3) is 0 Å². The minimum absolute atomic E-state index is 0.0121. The van der Waals surface area contributed by atoms with Crippen molar-refractivity contribution in [3.8, 4) is 0 Å². The van der Waals surface area contributed by atoms with Crippen LogP contribution in [-0.2, 0) is 9.59 Å². The Hall–Kier alpha value is -2.77. The van der Waals surface area contributed by atoms with E-state index >= 15 is 0 Å². The zero-order valence-corrected chi connectivity index (χ0v) is 16.5. The summed E-state index contributed by atoms with van der Waals surface area (Å²) >= 11 is 0. The van der Waals surface area contributed by atoms with Crippen molar-refractivity contribution in [3.05, 3.63) is 39.9 Å².